The first kappa shape index (κ1) is 16.5. The molecule has 0 amide bonds. The molecule has 0 saturated carbocycles. The molecule has 1 fully saturated rings. The number of hydrogen-bond acceptors (Lipinski definition) is 3. The molecule has 0 aromatic heterocycles. The van der Waals surface area contributed by atoms with Gasteiger partial charge < -0.3 is 0 Å². The van der Waals surface area contributed by atoms with Crippen LogP contribution in [0.1, 0.15) is 37.8 Å². The Morgan fingerprint density at radius 2 is 2.05 bits per heavy atom. The highest BCUT2D eigenvalue weighted by atomic mass is 32.2. The summed E-state index contributed by atoms with van der Waals surface area (Å²) in [6.45, 7) is 5.24. The zero-order valence-corrected chi connectivity index (χ0v) is 14.3. The Morgan fingerprint density at radius 1 is 1.33 bits per heavy atom. The molecule has 0 spiro atoms. The average Bonchev–Trinajstić information content (AvgIpc) is 2.47. The van der Waals surface area contributed by atoms with Crippen molar-refractivity contribution in [2.45, 2.75) is 32.2 Å². The van der Waals surface area contributed by atoms with Crippen LogP contribution in [-0.2, 0) is 9.73 Å². The Kier molecular flexibility index (Phi) is 5.82. The van der Waals surface area contributed by atoms with Gasteiger partial charge in [-0.1, -0.05) is 37.3 Å². The predicted molar refractivity (Wildman–Crippen MR) is 91.1 cm³/mol. The molecule has 1 aromatic rings. The van der Waals surface area contributed by atoms with Crippen molar-refractivity contribution in [3.63, 3.8) is 0 Å². The van der Waals surface area contributed by atoms with Crippen LogP contribution in [0.15, 0.2) is 34.7 Å². The summed E-state index contributed by atoms with van der Waals surface area (Å²) in [6, 6.07) is 11.3. The van der Waals surface area contributed by atoms with Crippen molar-refractivity contribution in [3.05, 3.63) is 35.9 Å². The lowest BCUT2D eigenvalue weighted by atomic mass is 9.94. The zero-order chi connectivity index (χ0) is 15.3. The highest BCUT2D eigenvalue weighted by Gasteiger charge is 2.25. The summed E-state index contributed by atoms with van der Waals surface area (Å²) >= 11 is 0. The van der Waals surface area contributed by atoms with E-state index in [4.69, 9.17) is 0 Å². The van der Waals surface area contributed by atoms with Gasteiger partial charge in [-0.2, -0.15) is 0 Å². The Morgan fingerprint density at radius 3 is 2.67 bits per heavy atom. The molecule has 0 bridgehead atoms. The summed E-state index contributed by atoms with van der Waals surface area (Å²) in [4.78, 5) is 2.59. The Labute approximate surface area is 129 Å². The fourth-order valence-corrected chi connectivity index (χ4v) is 3.76. The maximum absolute atomic E-state index is 11.7. The van der Waals surface area contributed by atoms with Gasteiger partial charge in [-0.15, -0.1) is 0 Å². The lowest BCUT2D eigenvalue weighted by molar-refractivity contribution is 0.123. The minimum absolute atomic E-state index is 0.501. The monoisotopic (exact) mass is 308 g/mol. The second-order valence-corrected chi connectivity index (χ2v) is 8.95. The smallest absolute Gasteiger partial charge is 0.0524 e. The van der Waals surface area contributed by atoms with Gasteiger partial charge in [0.1, 0.15) is 0 Å². The molecule has 2 atom stereocenters. The first-order valence-corrected chi connectivity index (χ1v) is 10.2. The minimum Gasteiger partial charge on any atom is -0.296 e. The molecule has 4 heteroatoms. The summed E-state index contributed by atoms with van der Waals surface area (Å²) < 4.78 is 16.1. The fourth-order valence-electron chi connectivity index (χ4n) is 3.19. The predicted octanol–water partition coefficient (Wildman–Crippen LogP) is 3.58. The van der Waals surface area contributed by atoms with Crippen LogP contribution < -0.4 is 0 Å². The van der Waals surface area contributed by atoms with Gasteiger partial charge in [-0.25, -0.2) is 4.36 Å². The molecule has 1 heterocycles. The number of nitrogens with zero attached hydrogens (tertiary/aromatic N) is 2. The van der Waals surface area contributed by atoms with Crippen LogP contribution >= 0.6 is 0 Å². The van der Waals surface area contributed by atoms with Gasteiger partial charge in [0.2, 0.25) is 0 Å². The summed E-state index contributed by atoms with van der Waals surface area (Å²) in [6.07, 6.45) is 7.02. The van der Waals surface area contributed by atoms with Crippen LogP contribution in [0.2, 0.25) is 0 Å². The summed E-state index contributed by atoms with van der Waals surface area (Å²) in [5, 5.41) is 0. The van der Waals surface area contributed by atoms with E-state index in [1.807, 2.05) is 0 Å². The molecule has 2 rings (SSSR count). The third-order valence-electron chi connectivity index (χ3n) is 4.21. The van der Waals surface area contributed by atoms with Crippen LogP contribution in [0.4, 0.5) is 0 Å². The molecule has 2 unspecified atom stereocenters. The molecule has 118 valence electrons. The Balaban J connectivity index is 2.04. The van der Waals surface area contributed by atoms with E-state index in [1.54, 1.807) is 12.5 Å². The van der Waals surface area contributed by atoms with Gasteiger partial charge in [-0.05, 0) is 37.3 Å². The van der Waals surface area contributed by atoms with Gasteiger partial charge in [0.05, 0.1) is 6.54 Å². The molecule has 0 aliphatic carbocycles. The maximum Gasteiger partial charge on any atom is 0.0524 e. The van der Waals surface area contributed by atoms with Crippen LogP contribution in [0, 0.1) is 5.92 Å². The van der Waals surface area contributed by atoms with E-state index in [-0.39, 0.29) is 0 Å². The first-order valence-electron chi connectivity index (χ1n) is 7.91. The van der Waals surface area contributed by atoms with Crippen molar-refractivity contribution < 1.29 is 4.21 Å². The molecule has 0 N–H and O–H groups in total. The van der Waals surface area contributed by atoms with Gasteiger partial charge in [0.15, 0.2) is 0 Å². The zero-order valence-electron chi connectivity index (χ0n) is 13.5. The van der Waals surface area contributed by atoms with Gasteiger partial charge in [0.25, 0.3) is 0 Å². The lowest BCUT2D eigenvalue weighted by Crippen LogP contribution is -2.39. The second-order valence-electron chi connectivity index (χ2n) is 6.33. The fraction of sp³-hybridized carbons (Fsp3) is 0.647. The van der Waals surface area contributed by atoms with Crippen LogP contribution in [-0.4, -0.2) is 41.3 Å². The number of likely N-dealkylation sites (tertiary alicyclic amines) is 1. The summed E-state index contributed by atoms with van der Waals surface area (Å²) in [5.74, 6) is 0.553. The third kappa shape index (κ3) is 5.11. The van der Waals surface area contributed by atoms with Crippen molar-refractivity contribution in [1.82, 2.24) is 4.90 Å². The molecule has 1 aromatic carbocycles. The maximum atomic E-state index is 11.7. The number of hydrogen-bond donors (Lipinski definition) is 0. The molecule has 1 aliphatic rings. The van der Waals surface area contributed by atoms with E-state index in [0.29, 0.717) is 12.0 Å². The summed E-state index contributed by atoms with van der Waals surface area (Å²) in [5.41, 5.74) is 1.41. The van der Waals surface area contributed by atoms with E-state index in [1.165, 1.54) is 18.4 Å². The largest absolute Gasteiger partial charge is 0.296 e. The first-order chi connectivity index (χ1) is 9.99. The Hall–Kier alpha value is -0.870. The molecule has 3 nitrogen and oxygen atoms in total. The highest BCUT2D eigenvalue weighted by Crippen LogP contribution is 2.29. The van der Waals surface area contributed by atoms with Crippen LogP contribution in [0.3, 0.4) is 0 Å². The molecule has 1 saturated heterocycles. The molecule has 0 radical (unpaired) electrons. The second kappa shape index (κ2) is 7.41. The van der Waals surface area contributed by atoms with E-state index in [9.17, 15) is 4.21 Å². The quantitative estimate of drug-likeness (QED) is 0.833. The molecule has 1 aliphatic heterocycles. The minimum atomic E-state index is -1.96. The van der Waals surface area contributed by atoms with Crippen molar-refractivity contribution in [3.8, 4) is 0 Å². The van der Waals surface area contributed by atoms with Crippen molar-refractivity contribution in [2.75, 3.05) is 32.1 Å². The van der Waals surface area contributed by atoms with Gasteiger partial charge in [0, 0.05) is 34.8 Å². The van der Waals surface area contributed by atoms with E-state index in [0.717, 1.165) is 26.1 Å². The SMILES string of the molecule is CCC(c1ccccc1)N1CCCC(CN=S(C)(C)=O)C1. The van der Waals surface area contributed by atoms with E-state index in [2.05, 4.69) is 46.5 Å². The van der Waals surface area contributed by atoms with E-state index >= 15 is 0 Å². The van der Waals surface area contributed by atoms with Crippen LogP contribution in [0.25, 0.3) is 0 Å². The molecular weight excluding hydrogens is 280 g/mol. The van der Waals surface area contributed by atoms with E-state index < -0.39 is 9.73 Å². The van der Waals surface area contributed by atoms with Gasteiger partial charge in [-0.3, -0.25) is 9.11 Å². The topological polar surface area (TPSA) is 32.7 Å². The molecular formula is C17H28N2OS. The molecule has 21 heavy (non-hydrogen) atoms. The Bertz CT molecular complexity index is 541. The number of piperidine rings is 1. The van der Waals surface area contributed by atoms with Crippen molar-refractivity contribution in [2.24, 2.45) is 10.3 Å². The summed E-state index contributed by atoms with van der Waals surface area (Å²) in [7, 11) is -1.96. The van der Waals surface area contributed by atoms with Crippen molar-refractivity contribution in [1.29, 1.82) is 0 Å². The van der Waals surface area contributed by atoms with Gasteiger partial charge >= 0.3 is 0 Å². The number of benzene rings is 1. The van der Waals surface area contributed by atoms with Crippen LogP contribution in [0.5, 0.6) is 0 Å². The third-order valence-corrected chi connectivity index (χ3v) is 4.98. The normalized spacial score (nSPS) is 22.0. The van der Waals surface area contributed by atoms with Crippen molar-refractivity contribution >= 4 is 9.73 Å². The average molecular weight is 308 g/mol. The highest BCUT2D eigenvalue weighted by molar-refractivity contribution is 7.92. The lowest BCUT2D eigenvalue weighted by Gasteiger charge is -2.38. The number of rotatable bonds is 5. The standard InChI is InChI=1S/C17H28N2OS/c1-4-17(16-10-6-5-7-11-16)19-12-8-9-15(14-19)13-18-21(2,3)20/h5-7,10-11,15,17H,4,8-9,12-14H2,1-3H3.